The Bertz CT molecular complexity index is 104. The van der Waals surface area contributed by atoms with E-state index in [1.54, 1.807) is 0 Å². The third-order valence-corrected chi connectivity index (χ3v) is 0. The second kappa shape index (κ2) is 7.19. The molecule has 7 heavy (non-hydrogen) atoms. The van der Waals surface area contributed by atoms with Gasteiger partial charge in [0, 0.05) is 0 Å². The molecule has 0 aliphatic carbocycles. The molecule has 38 valence electrons. The Morgan fingerprint density at radius 3 is 1.29 bits per heavy atom. The smallest absolute Gasteiger partial charge is 1.00 e. The minimum Gasteiger partial charge on any atom is -1.00 e. The molecule has 0 bridgehead atoms. The van der Waals surface area contributed by atoms with Crippen LogP contribution in [0.25, 0.3) is 0 Å². The second-order valence-electron chi connectivity index (χ2n) is 0.448. The quantitative estimate of drug-likeness (QED) is 0.353. The van der Waals surface area contributed by atoms with Gasteiger partial charge in [-0.25, -0.2) is 0 Å². The van der Waals surface area contributed by atoms with E-state index in [2.05, 4.69) is 0 Å². The van der Waals surface area contributed by atoms with E-state index in [1.807, 2.05) is 0 Å². The molecular formula is H5BaKO4S. The third-order valence-electron chi connectivity index (χ3n) is 0. The minimum absolute atomic E-state index is 0. The van der Waals surface area contributed by atoms with Crippen molar-refractivity contribution in [2.45, 2.75) is 0 Å². The summed E-state index contributed by atoms with van der Waals surface area (Å²) >= 11 is 0. The normalized spacial score (nSPS) is 8.29. The molecule has 2 N–H and O–H groups in total. The number of hydrogen-bond acceptors (Lipinski definition) is 2. The van der Waals surface area contributed by atoms with E-state index in [4.69, 9.17) is 17.5 Å². The van der Waals surface area contributed by atoms with E-state index in [9.17, 15) is 0 Å². The monoisotopic (exact) mass is 278 g/mol. The Morgan fingerprint density at radius 2 is 1.29 bits per heavy atom. The first-order valence-corrected chi connectivity index (χ1v) is 2.10. The average Bonchev–Trinajstić information content (AvgIpc) is 0.722. The van der Waals surface area contributed by atoms with Crippen LogP contribution >= 0.6 is 0 Å². The van der Waals surface area contributed by atoms with Crippen molar-refractivity contribution in [3.63, 3.8) is 0 Å². The summed E-state index contributed by atoms with van der Waals surface area (Å²) < 4.78 is 31.6. The Labute approximate surface area is 129 Å². The zero-order chi connectivity index (χ0) is 4.50. The molecule has 0 aliphatic heterocycles. The molecule has 0 rings (SSSR count). The number of rotatable bonds is 0. The van der Waals surface area contributed by atoms with Crippen molar-refractivity contribution < 1.29 is 73.2 Å². The maximum absolute atomic E-state index is 8.74. The maximum atomic E-state index is 8.74. The first-order valence-electron chi connectivity index (χ1n) is 0.698. The van der Waals surface area contributed by atoms with Gasteiger partial charge < -0.3 is 4.28 Å². The van der Waals surface area contributed by atoms with Gasteiger partial charge in [0.1, 0.15) is 0 Å². The Hall–Kier alpha value is 3.08. The molecule has 0 fully saturated rings. The Morgan fingerprint density at radius 1 is 1.29 bits per heavy atom. The summed E-state index contributed by atoms with van der Waals surface area (Å²) in [6, 6.07) is 0. The van der Waals surface area contributed by atoms with Crippen LogP contribution < -0.4 is 51.4 Å². The molecule has 4 nitrogen and oxygen atoms in total. The molecule has 0 amide bonds. The fourth-order valence-corrected chi connectivity index (χ4v) is 0. The van der Waals surface area contributed by atoms with Crippen LogP contribution in [0.5, 0.6) is 0 Å². The molecule has 0 aliphatic rings. The zero-order valence-corrected chi connectivity index (χ0v) is 12.2. The zero-order valence-electron chi connectivity index (χ0n) is 6.83. The SMILES string of the molecule is O=S(=O)(O)O.[Ba+2].[H-].[H-].[H-].[K+]. The van der Waals surface area contributed by atoms with Crippen molar-refractivity contribution in [3.8, 4) is 0 Å². The van der Waals surface area contributed by atoms with Gasteiger partial charge in [-0.3, -0.25) is 9.11 Å². The minimum atomic E-state index is -4.67. The van der Waals surface area contributed by atoms with Crippen LogP contribution in [0.4, 0.5) is 0 Å². The van der Waals surface area contributed by atoms with Gasteiger partial charge in [0.2, 0.25) is 0 Å². The summed E-state index contributed by atoms with van der Waals surface area (Å²) in [5.41, 5.74) is 0. The largest absolute Gasteiger partial charge is 2.00 e. The molecule has 0 aromatic carbocycles. The molecule has 7 heteroatoms. The molecule has 0 aromatic rings. The molecule has 0 spiro atoms. The van der Waals surface area contributed by atoms with Gasteiger partial charge >= 0.3 is 111 Å². The van der Waals surface area contributed by atoms with E-state index in [0.29, 0.717) is 0 Å². The third kappa shape index (κ3) is 48.0. The first-order chi connectivity index (χ1) is 2.00. The van der Waals surface area contributed by atoms with Crippen molar-refractivity contribution in [1.29, 1.82) is 0 Å². The van der Waals surface area contributed by atoms with Crippen LogP contribution in [0.1, 0.15) is 4.28 Å². The summed E-state index contributed by atoms with van der Waals surface area (Å²) in [4.78, 5) is 0. The van der Waals surface area contributed by atoms with Gasteiger partial charge in [-0.2, -0.15) is 8.42 Å². The van der Waals surface area contributed by atoms with E-state index in [-0.39, 0.29) is 105 Å². The molecule has 0 saturated carbocycles. The predicted molar refractivity (Wildman–Crippen MR) is 23.3 cm³/mol. The molecule has 0 unspecified atom stereocenters. The van der Waals surface area contributed by atoms with Gasteiger partial charge in [0.15, 0.2) is 0 Å². The maximum Gasteiger partial charge on any atom is 2.00 e. The van der Waals surface area contributed by atoms with Gasteiger partial charge in [0.05, 0.1) is 0 Å². The summed E-state index contributed by atoms with van der Waals surface area (Å²) in [7, 11) is -4.67. The van der Waals surface area contributed by atoms with Crippen molar-refractivity contribution in [2.75, 3.05) is 0 Å². The molecular weight excluding hydrogens is 272 g/mol. The summed E-state index contributed by atoms with van der Waals surface area (Å²) in [5, 5.41) is 0. The summed E-state index contributed by atoms with van der Waals surface area (Å²) in [6.45, 7) is 0. The van der Waals surface area contributed by atoms with Crippen LogP contribution in [0.3, 0.4) is 0 Å². The van der Waals surface area contributed by atoms with Gasteiger partial charge in [-0.15, -0.1) is 0 Å². The van der Waals surface area contributed by atoms with E-state index in [1.165, 1.54) is 0 Å². The summed E-state index contributed by atoms with van der Waals surface area (Å²) in [6.07, 6.45) is 0. The summed E-state index contributed by atoms with van der Waals surface area (Å²) in [5.74, 6) is 0. The fourth-order valence-electron chi connectivity index (χ4n) is 0. The Kier molecular flexibility index (Phi) is 17.0. The second-order valence-corrected chi connectivity index (χ2v) is 1.34. The van der Waals surface area contributed by atoms with Gasteiger partial charge in [0.25, 0.3) is 0 Å². The molecule has 0 aromatic heterocycles. The first kappa shape index (κ1) is 16.6. The van der Waals surface area contributed by atoms with Crippen molar-refractivity contribution in [1.82, 2.24) is 0 Å². The molecule has 0 radical (unpaired) electrons. The van der Waals surface area contributed by atoms with Crippen LogP contribution in [-0.4, -0.2) is 66.4 Å². The van der Waals surface area contributed by atoms with Crippen LogP contribution in [-0.2, 0) is 10.4 Å². The van der Waals surface area contributed by atoms with Crippen molar-refractivity contribution in [3.05, 3.63) is 0 Å². The van der Waals surface area contributed by atoms with E-state index < -0.39 is 10.4 Å². The van der Waals surface area contributed by atoms with Gasteiger partial charge in [-0.1, -0.05) is 0 Å². The predicted octanol–water partition coefficient (Wildman–Crippen LogP) is -3.69. The van der Waals surface area contributed by atoms with Crippen molar-refractivity contribution in [2.24, 2.45) is 0 Å². The van der Waals surface area contributed by atoms with Gasteiger partial charge in [-0.05, 0) is 0 Å². The molecule has 0 saturated heterocycles. The fraction of sp³-hybridized carbons (Fsp3) is 0. The van der Waals surface area contributed by atoms with E-state index >= 15 is 0 Å². The standard InChI is InChI=1S/Ba.K.H2O4S.3H/c;;1-5(2,3)4;;;/h;;(H2,1,2,3,4);;;/q+2;+1;;3*-1. The average molecular weight is 278 g/mol. The molecule has 0 atom stereocenters. The van der Waals surface area contributed by atoms with Crippen LogP contribution in [0, 0.1) is 0 Å². The topological polar surface area (TPSA) is 74.6 Å². The van der Waals surface area contributed by atoms with Crippen LogP contribution in [0.15, 0.2) is 0 Å². The number of hydrogen-bond donors (Lipinski definition) is 2. The van der Waals surface area contributed by atoms with Crippen LogP contribution in [0.2, 0.25) is 0 Å². The Balaban J connectivity index is -0.00000000800. The van der Waals surface area contributed by atoms with Crippen molar-refractivity contribution >= 4 is 59.3 Å². The van der Waals surface area contributed by atoms with E-state index in [0.717, 1.165) is 0 Å². The molecule has 0 heterocycles.